The summed E-state index contributed by atoms with van der Waals surface area (Å²) in [5.41, 5.74) is 4.04. The van der Waals surface area contributed by atoms with E-state index in [9.17, 15) is 4.79 Å². The van der Waals surface area contributed by atoms with Crippen LogP contribution in [0.2, 0.25) is 0 Å². The van der Waals surface area contributed by atoms with Crippen LogP contribution in [0.1, 0.15) is 54.4 Å². The summed E-state index contributed by atoms with van der Waals surface area (Å²) >= 11 is 0. The van der Waals surface area contributed by atoms with Gasteiger partial charge in [0.25, 0.3) is 0 Å². The standard InChI is InChI=1S/C21H26N4O2/c1-14-20(15(2)24-23-14)18-9-4-3-7-11-25(18)21(26)22-13-17-12-16-8-5-6-10-19(16)27-17/h5-6,8,10,12,18H,3-4,7,9,11,13H2,1-2H3,(H,22,26)(H,23,24). The number of H-pyrrole nitrogens is 1. The average molecular weight is 366 g/mol. The minimum Gasteiger partial charge on any atom is -0.459 e. The fourth-order valence-electron chi connectivity index (χ4n) is 4.09. The molecule has 1 atom stereocenters. The zero-order valence-corrected chi connectivity index (χ0v) is 15.9. The Morgan fingerprint density at radius 3 is 2.93 bits per heavy atom. The van der Waals surface area contributed by atoms with Crippen molar-refractivity contribution in [2.45, 2.75) is 52.1 Å². The summed E-state index contributed by atoms with van der Waals surface area (Å²) in [6, 6.07) is 9.91. The molecule has 1 unspecified atom stereocenters. The molecule has 1 aliphatic heterocycles. The minimum atomic E-state index is -0.0395. The molecule has 1 saturated heterocycles. The lowest BCUT2D eigenvalue weighted by Gasteiger charge is -2.30. The molecule has 2 aromatic heterocycles. The zero-order chi connectivity index (χ0) is 18.8. The summed E-state index contributed by atoms with van der Waals surface area (Å²) in [7, 11) is 0. The highest BCUT2D eigenvalue weighted by Crippen LogP contribution is 2.33. The van der Waals surface area contributed by atoms with Gasteiger partial charge in [0.05, 0.1) is 18.3 Å². The summed E-state index contributed by atoms with van der Waals surface area (Å²) in [4.78, 5) is 15.0. The van der Waals surface area contributed by atoms with Crippen LogP contribution in [0, 0.1) is 13.8 Å². The topological polar surface area (TPSA) is 74.2 Å². The van der Waals surface area contributed by atoms with Gasteiger partial charge in [0.15, 0.2) is 0 Å². The maximum absolute atomic E-state index is 13.0. The lowest BCUT2D eigenvalue weighted by molar-refractivity contribution is 0.174. The second-order valence-corrected chi connectivity index (χ2v) is 7.32. The van der Waals surface area contributed by atoms with E-state index >= 15 is 0 Å². The largest absolute Gasteiger partial charge is 0.459 e. The number of nitrogens with one attached hydrogen (secondary N) is 2. The number of benzene rings is 1. The number of nitrogens with zero attached hydrogens (tertiary/aromatic N) is 2. The Bertz CT molecular complexity index is 890. The molecule has 27 heavy (non-hydrogen) atoms. The van der Waals surface area contributed by atoms with Crippen molar-refractivity contribution in [1.29, 1.82) is 0 Å². The number of hydrogen-bond donors (Lipinski definition) is 2. The number of carbonyl (C=O) groups is 1. The molecule has 1 aromatic carbocycles. The fraction of sp³-hybridized carbons (Fsp3) is 0.429. The monoisotopic (exact) mass is 366 g/mol. The van der Waals surface area contributed by atoms with E-state index in [0.29, 0.717) is 6.54 Å². The molecule has 142 valence electrons. The normalized spacial score (nSPS) is 17.9. The molecular formula is C21H26N4O2. The number of urea groups is 1. The number of rotatable bonds is 3. The lowest BCUT2D eigenvalue weighted by atomic mass is 9.99. The number of para-hydroxylation sites is 1. The molecule has 1 aliphatic rings. The highest BCUT2D eigenvalue weighted by Gasteiger charge is 2.30. The first-order valence-corrected chi connectivity index (χ1v) is 9.67. The molecule has 0 radical (unpaired) electrons. The average Bonchev–Trinajstić information content (AvgIpc) is 3.13. The van der Waals surface area contributed by atoms with Crippen LogP contribution in [-0.4, -0.2) is 27.7 Å². The van der Waals surface area contributed by atoms with Crippen molar-refractivity contribution in [3.63, 3.8) is 0 Å². The number of amides is 2. The third kappa shape index (κ3) is 3.56. The van der Waals surface area contributed by atoms with Crippen molar-refractivity contribution in [1.82, 2.24) is 20.4 Å². The minimum absolute atomic E-state index is 0.0395. The number of aryl methyl sites for hydroxylation is 2. The Morgan fingerprint density at radius 1 is 1.30 bits per heavy atom. The second kappa shape index (κ2) is 7.47. The number of aromatic nitrogens is 2. The van der Waals surface area contributed by atoms with Crippen LogP contribution < -0.4 is 5.32 Å². The molecule has 6 heteroatoms. The van der Waals surface area contributed by atoms with Gasteiger partial charge in [0.2, 0.25) is 0 Å². The summed E-state index contributed by atoms with van der Waals surface area (Å²) < 4.78 is 5.82. The number of hydrogen-bond acceptors (Lipinski definition) is 3. The maximum Gasteiger partial charge on any atom is 0.318 e. The molecule has 3 aromatic rings. The Morgan fingerprint density at radius 2 is 2.15 bits per heavy atom. The van der Waals surface area contributed by atoms with Crippen LogP contribution in [-0.2, 0) is 6.54 Å². The first-order chi connectivity index (χ1) is 13.1. The van der Waals surface area contributed by atoms with Gasteiger partial charge in [-0.2, -0.15) is 5.10 Å². The quantitative estimate of drug-likeness (QED) is 0.711. The number of fused-ring (bicyclic) bond motifs is 1. The van der Waals surface area contributed by atoms with E-state index in [-0.39, 0.29) is 12.1 Å². The van der Waals surface area contributed by atoms with E-state index in [1.165, 1.54) is 0 Å². The summed E-state index contributed by atoms with van der Waals surface area (Å²) in [5, 5.41) is 11.5. The summed E-state index contributed by atoms with van der Waals surface area (Å²) in [6.07, 6.45) is 4.28. The van der Waals surface area contributed by atoms with Gasteiger partial charge in [-0.3, -0.25) is 5.10 Å². The molecule has 2 amide bonds. The zero-order valence-electron chi connectivity index (χ0n) is 15.9. The number of likely N-dealkylation sites (tertiary alicyclic amines) is 1. The molecular weight excluding hydrogens is 340 g/mol. The molecule has 0 spiro atoms. The lowest BCUT2D eigenvalue weighted by Crippen LogP contribution is -2.42. The molecule has 3 heterocycles. The Hall–Kier alpha value is -2.76. The molecule has 4 rings (SSSR count). The van der Waals surface area contributed by atoms with Crippen LogP contribution >= 0.6 is 0 Å². The van der Waals surface area contributed by atoms with Crippen LogP contribution in [0.4, 0.5) is 4.79 Å². The molecule has 0 aliphatic carbocycles. The van der Waals surface area contributed by atoms with Crippen LogP contribution in [0.5, 0.6) is 0 Å². The number of aromatic amines is 1. The highest BCUT2D eigenvalue weighted by molar-refractivity contribution is 5.78. The van der Waals surface area contributed by atoms with Crippen molar-refractivity contribution < 1.29 is 9.21 Å². The third-order valence-electron chi connectivity index (χ3n) is 5.42. The Balaban J connectivity index is 1.51. The van der Waals surface area contributed by atoms with Gasteiger partial charge in [0, 0.05) is 23.2 Å². The van der Waals surface area contributed by atoms with Crippen molar-refractivity contribution in [2.75, 3.05) is 6.54 Å². The second-order valence-electron chi connectivity index (χ2n) is 7.32. The third-order valence-corrected chi connectivity index (χ3v) is 5.42. The smallest absolute Gasteiger partial charge is 0.318 e. The van der Waals surface area contributed by atoms with E-state index in [1.54, 1.807) is 0 Å². The van der Waals surface area contributed by atoms with E-state index < -0.39 is 0 Å². The first kappa shape index (κ1) is 17.6. The van der Waals surface area contributed by atoms with E-state index in [0.717, 1.165) is 65.9 Å². The molecule has 0 saturated carbocycles. The van der Waals surface area contributed by atoms with Crippen LogP contribution in [0.25, 0.3) is 11.0 Å². The van der Waals surface area contributed by atoms with Gasteiger partial charge in [-0.1, -0.05) is 31.0 Å². The van der Waals surface area contributed by atoms with Gasteiger partial charge in [-0.15, -0.1) is 0 Å². The van der Waals surface area contributed by atoms with Crippen molar-refractivity contribution in [2.24, 2.45) is 0 Å². The molecule has 6 nitrogen and oxygen atoms in total. The molecule has 2 N–H and O–H groups in total. The maximum atomic E-state index is 13.0. The van der Waals surface area contributed by atoms with Crippen molar-refractivity contribution in [3.8, 4) is 0 Å². The van der Waals surface area contributed by atoms with Crippen LogP contribution in [0.3, 0.4) is 0 Å². The first-order valence-electron chi connectivity index (χ1n) is 9.67. The fourth-order valence-corrected chi connectivity index (χ4v) is 4.09. The van der Waals surface area contributed by atoms with Gasteiger partial charge in [-0.05, 0) is 38.8 Å². The van der Waals surface area contributed by atoms with Gasteiger partial charge >= 0.3 is 6.03 Å². The van der Waals surface area contributed by atoms with Gasteiger partial charge in [-0.25, -0.2) is 4.79 Å². The molecule has 1 fully saturated rings. The van der Waals surface area contributed by atoms with E-state index in [4.69, 9.17) is 4.42 Å². The van der Waals surface area contributed by atoms with Crippen molar-refractivity contribution >= 4 is 17.0 Å². The van der Waals surface area contributed by atoms with E-state index in [1.807, 2.05) is 49.1 Å². The molecule has 0 bridgehead atoms. The van der Waals surface area contributed by atoms with Crippen molar-refractivity contribution in [3.05, 3.63) is 53.0 Å². The number of carbonyl (C=O) groups excluding carboxylic acids is 1. The SMILES string of the molecule is Cc1n[nH]c(C)c1C1CCCCCN1C(=O)NCc1cc2ccccc2o1. The Kier molecular flexibility index (Phi) is 4.88. The predicted molar refractivity (Wildman–Crippen MR) is 104 cm³/mol. The predicted octanol–water partition coefficient (Wildman–Crippen LogP) is 4.60. The number of furan rings is 1. The van der Waals surface area contributed by atoms with Gasteiger partial charge < -0.3 is 14.6 Å². The Labute approximate surface area is 158 Å². The highest BCUT2D eigenvalue weighted by atomic mass is 16.3. The van der Waals surface area contributed by atoms with Gasteiger partial charge in [0.1, 0.15) is 11.3 Å². The van der Waals surface area contributed by atoms with E-state index in [2.05, 4.69) is 15.5 Å². The van der Waals surface area contributed by atoms with Crippen LogP contribution in [0.15, 0.2) is 34.7 Å². The summed E-state index contributed by atoms with van der Waals surface area (Å²) in [6.45, 7) is 5.19. The summed E-state index contributed by atoms with van der Waals surface area (Å²) in [5.74, 6) is 0.770.